The highest BCUT2D eigenvalue weighted by atomic mass is 35.5. The molecule has 1 aliphatic heterocycles. The molecule has 1 atom stereocenters. The maximum absolute atomic E-state index is 12.2. The van der Waals surface area contributed by atoms with E-state index in [-0.39, 0.29) is 11.9 Å². The molecule has 1 aromatic heterocycles. The molecule has 1 aromatic carbocycles. The molecular weight excluding hydrogens is 276 g/mol. The normalized spacial score (nSPS) is 17.4. The van der Waals surface area contributed by atoms with Crippen LogP contribution in [0.5, 0.6) is 0 Å². The Morgan fingerprint density at radius 2 is 2.10 bits per heavy atom. The van der Waals surface area contributed by atoms with E-state index in [0.29, 0.717) is 23.9 Å². The molecule has 1 aliphatic rings. The van der Waals surface area contributed by atoms with Crippen molar-refractivity contribution in [3.05, 3.63) is 52.9 Å². The summed E-state index contributed by atoms with van der Waals surface area (Å²) >= 11 is 5.76. The third-order valence-corrected chi connectivity index (χ3v) is 3.49. The molecule has 3 rings (SSSR count). The van der Waals surface area contributed by atoms with Gasteiger partial charge in [-0.3, -0.25) is 4.79 Å². The first-order chi connectivity index (χ1) is 9.72. The van der Waals surface area contributed by atoms with E-state index in [9.17, 15) is 4.79 Å². The number of benzene rings is 1. The minimum atomic E-state index is -0.265. The fourth-order valence-electron chi connectivity index (χ4n) is 2.25. The molecule has 0 saturated carbocycles. The largest absolute Gasteiger partial charge is 0.309 e. The highest BCUT2D eigenvalue weighted by Crippen LogP contribution is 2.17. The summed E-state index contributed by atoms with van der Waals surface area (Å²) in [5.41, 5.74) is 2.44. The number of halogens is 1. The minimum absolute atomic E-state index is 0.116. The highest BCUT2D eigenvalue weighted by Gasteiger charge is 2.24. The monoisotopic (exact) mass is 288 g/mol. The summed E-state index contributed by atoms with van der Waals surface area (Å²) in [6.07, 6.45) is 1.99. The molecule has 102 valence electrons. The van der Waals surface area contributed by atoms with Crippen molar-refractivity contribution < 1.29 is 4.79 Å². The Morgan fingerprint density at radius 1 is 1.30 bits per heavy atom. The second-order valence-electron chi connectivity index (χ2n) is 4.62. The summed E-state index contributed by atoms with van der Waals surface area (Å²) in [5, 5.41) is 6.27. The number of nitrogens with zero attached hydrogens (tertiary/aromatic N) is 2. The Labute approximate surface area is 121 Å². The van der Waals surface area contributed by atoms with Gasteiger partial charge in [-0.1, -0.05) is 35.9 Å². The Balaban J connectivity index is 1.70. The molecule has 0 fully saturated rings. The number of hydrogen-bond donors (Lipinski definition) is 2. The van der Waals surface area contributed by atoms with Gasteiger partial charge in [0.1, 0.15) is 17.3 Å². The zero-order chi connectivity index (χ0) is 13.9. The van der Waals surface area contributed by atoms with Crippen molar-refractivity contribution >= 4 is 23.3 Å². The molecule has 0 radical (unpaired) electrons. The van der Waals surface area contributed by atoms with E-state index < -0.39 is 0 Å². The topological polar surface area (TPSA) is 66.9 Å². The number of hydrogen-bond acceptors (Lipinski definition) is 4. The number of anilines is 1. The number of carbonyl (C=O) groups is 1. The fraction of sp³-hybridized carbons (Fsp3) is 0.214. The van der Waals surface area contributed by atoms with Crippen molar-refractivity contribution in [2.45, 2.75) is 19.0 Å². The zero-order valence-corrected chi connectivity index (χ0v) is 11.4. The van der Waals surface area contributed by atoms with Crippen molar-refractivity contribution in [2.75, 3.05) is 5.32 Å². The molecule has 1 unspecified atom stereocenters. The minimum Gasteiger partial charge on any atom is -0.309 e. The summed E-state index contributed by atoms with van der Waals surface area (Å²) < 4.78 is 0. The molecule has 0 spiro atoms. The molecule has 2 heterocycles. The second kappa shape index (κ2) is 5.56. The van der Waals surface area contributed by atoms with Crippen LogP contribution in [-0.4, -0.2) is 21.9 Å². The summed E-state index contributed by atoms with van der Waals surface area (Å²) in [6.45, 7) is 0.693. The Kier molecular flexibility index (Phi) is 3.62. The van der Waals surface area contributed by atoms with E-state index in [2.05, 4.69) is 32.7 Å². The van der Waals surface area contributed by atoms with Crippen molar-refractivity contribution in [3.63, 3.8) is 0 Å². The smallest absolute Gasteiger partial charge is 0.243 e. The lowest BCUT2D eigenvalue weighted by molar-refractivity contribution is -0.118. The van der Waals surface area contributed by atoms with Gasteiger partial charge in [-0.05, 0) is 17.5 Å². The van der Waals surface area contributed by atoms with Gasteiger partial charge in [-0.25, -0.2) is 9.97 Å². The van der Waals surface area contributed by atoms with E-state index >= 15 is 0 Å². The number of amides is 1. The van der Waals surface area contributed by atoms with E-state index in [1.54, 1.807) is 0 Å². The van der Waals surface area contributed by atoms with E-state index in [4.69, 9.17) is 11.6 Å². The van der Waals surface area contributed by atoms with Crippen LogP contribution in [0.1, 0.15) is 11.1 Å². The fourth-order valence-corrected chi connectivity index (χ4v) is 2.40. The van der Waals surface area contributed by atoms with E-state index in [1.807, 2.05) is 12.1 Å². The molecule has 20 heavy (non-hydrogen) atoms. The average Bonchev–Trinajstić information content (AvgIpc) is 2.47. The molecular formula is C14H13ClN4O. The van der Waals surface area contributed by atoms with Gasteiger partial charge in [0.15, 0.2) is 0 Å². The maximum atomic E-state index is 12.2. The molecule has 6 heteroatoms. The molecule has 0 aliphatic carbocycles. The maximum Gasteiger partial charge on any atom is 0.243 e. The van der Waals surface area contributed by atoms with Gasteiger partial charge in [0.2, 0.25) is 5.91 Å². The predicted octanol–water partition coefficient (Wildman–Crippen LogP) is 1.78. The number of nitrogens with one attached hydrogen (secondary N) is 2. The Hall–Kier alpha value is -1.98. The predicted molar refractivity (Wildman–Crippen MR) is 76.4 cm³/mol. The molecule has 1 amide bonds. The molecule has 5 nitrogen and oxygen atoms in total. The lowest BCUT2D eigenvalue weighted by Gasteiger charge is -2.25. The number of carbonyl (C=O) groups excluding carboxylic acids is 1. The van der Waals surface area contributed by atoms with Crippen LogP contribution in [0.15, 0.2) is 36.7 Å². The van der Waals surface area contributed by atoms with Crippen molar-refractivity contribution in [3.8, 4) is 0 Å². The van der Waals surface area contributed by atoms with Crippen LogP contribution in [-0.2, 0) is 17.8 Å². The summed E-state index contributed by atoms with van der Waals surface area (Å²) in [5.74, 6) is 0.296. The van der Waals surface area contributed by atoms with Crippen LogP contribution in [0, 0.1) is 0 Å². The third kappa shape index (κ3) is 2.79. The average molecular weight is 289 g/mol. The third-order valence-electron chi connectivity index (χ3n) is 3.28. The highest BCUT2D eigenvalue weighted by molar-refractivity contribution is 6.29. The first kappa shape index (κ1) is 13.0. The lowest BCUT2D eigenvalue weighted by atomic mass is 9.95. The summed E-state index contributed by atoms with van der Waals surface area (Å²) in [6, 6.07) is 9.38. The SMILES string of the molecule is O=C(Nc1cc(Cl)ncn1)C1Cc2ccccc2CN1. The van der Waals surface area contributed by atoms with Gasteiger partial charge in [0.25, 0.3) is 0 Å². The van der Waals surface area contributed by atoms with Crippen LogP contribution in [0.25, 0.3) is 0 Å². The van der Waals surface area contributed by atoms with Crippen LogP contribution in [0.4, 0.5) is 5.82 Å². The Morgan fingerprint density at radius 3 is 2.90 bits per heavy atom. The zero-order valence-electron chi connectivity index (χ0n) is 10.6. The number of fused-ring (bicyclic) bond motifs is 1. The van der Waals surface area contributed by atoms with Crippen LogP contribution in [0.3, 0.4) is 0 Å². The van der Waals surface area contributed by atoms with Crippen molar-refractivity contribution in [1.29, 1.82) is 0 Å². The van der Waals surface area contributed by atoms with Crippen LogP contribution >= 0.6 is 11.6 Å². The van der Waals surface area contributed by atoms with Crippen LogP contribution < -0.4 is 10.6 Å². The van der Waals surface area contributed by atoms with Crippen molar-refractivity contribution in [2.24, 2.45) is 0 Å². The second-order valence-corrected chi connectivity index (χ2v) is 5.01. The quantitative estimate of drug-likeness (QED) is 0.827. The first-order valence-electron chi connectivity index (χ1n) is 6.31. The summed E-state index contributed by atoms with van der Waals surface area (Å²) in [7, 11) is 0. The van der Waals surface area contributed by atoms with Gasteiger partial charge >= 0.3 is 0 Å². The van der Waals surface area contributed by atoms with E-state index in [1.165, 1.54) is 23.5 Å². The molecule has 0 saturated heterocycles. The van der Waals surface area contributed by atoms with Gasteiger partial charge in [-0.2, -0.15) is 0 Å². The van der Waals surface area contributed by atoms with Gasteiger partial charge < -0.3 is 10.6 Å². The molecule has 0 bridgehead atoms. The molecule has 2 N–H and O–H groups in total. The first-order valence-corrected chi connectivity index (χ1v) is 6.69. The number of aromatic nitrogens is 2. The molecule has 2 aromatic rings. The van der Waals surface area contributed by atoms with Crippen molar-refractivity contribution in [1.82, 2.24) is 15.3 Å². The van der Waals surface area contributed by atoms with Gasteiger partial charge in [0.05, 0.1) is 6.04 Å². The van der Waals surface area contributed by atoms with Gasteiger partial charge in [-0.15, -0.1) is 0 Å². The van der Waals surface area contributed by atoms with Crippen LogP contribution in [0.2, 0.25) is 5.15 Å². The number of rotatable bonds is 2. The standard InChI is InChI=1S/C14H13ClN4O/c15-12-6-13(18-8-17-12)19-14(20)11-5-9-3-1-2-4-10(9)7-16-11/h1-4,6,8,11,16H,5,7H2,(H,17,18,19,20). The summed E-state index contributed by atoms with van der Waals surface area (Å²) in [4.78, 5) is 20.0. The van der Waals surface area contributed by atoms with E-state index in [0.717, 1.165) is 0 Å². The van der Waals surface area contributed by atoms with Gasteiger partial charge in [0, 0.05) is 12.6 Å². The lowest BCUT2D eigenvalue weighted by Crippen LogP contribution is -2.44. The Bertz CT molecular complexity index is 647.